The van der Waals surface area contributed by atoms with E-state index in [-0.39, 0.29) is 34.3 Å². The molecule has 0 aliphatic heterocycles. The fraction of sp³-hybridized carbons (Fsp3) is 0.958. The molecule has 4 amide bonds. The minimum Gasteiger partial charge on any atom is -0.337 e. The number of hydrogen-bond acceptors (Lipinski definition) is 4. The molecular formula is C48H98N6O2. The maximum absolute atomic E-state index is 11.4. The Morgan fingerprint density at radius 2 is 0.839 bits per heavy atom. The molecule has 0 aromatic rings. The van der Waals surface area contributed by atoms with Gasteiger partial charge in [-0.3, -0.25) is 10.9 Å². The first-order chi connectivity index (χ1) is 24.6. The molecular weight excluding hydrogens is 693 g/mol. The molecule has 3 aliphatic carbocycles. The first-order valence-electron chi connectivity index (χ1n) is 22.2. The molecule has 3 rings (SSSR count). The van der Waals surface area contributed by atoms with E-state index in [2.05, 4.69) is 167 Å². The number of rotatable bonds is 5. The third kappa shape index (κ3) is 19.5. The zero-order chi connectivity index (χ0) is 44.2. The molecule has 56 heavy (non-hydrogen) atoms. The molecule has 0 radical (unpaired) electrons. The smallest absolute Gasteiger partial charge is 0.329 e. The van der Waals surface area contributed by atoms with Crippen LogP contribution in [-0.4, -0.2) is 24.6 Å². The van der Waals surface area contributed by atoms with Crippen LogP contribution in [0.15, 0.2) is 0 Å². The van der Waals surface area contributed by atoms with E-state index in [9.17, 15) is 9.59 Å². The van der Waals surface area contributed by atoms with Gasteiger partial charge in [-0.05, 0) is 137 Å². The number of amides is 4. The van der Waals surface area contributed by atoms with Crippen LogP contribution in [-0.2, 0) is 0 Å². The molecule has 0 spiro atoms. The first kappa shape index (κ1) is 52.5. The van der Waals surface area contributed by atoms with Crippen LogP contribution in [0.5, 0.6) is 0 Å². The van der Waals surface area contributed by atoms with Gasteiger partial charge in [-0.2, -0.15) is 0 Å². The standard InChI is InChI=1S/C18H36.2C15H31N3O/c1-15(2,3)12-18(9)11-14(16(4,5)6)10-17(7,8)13-18;1-13(2,3)11-7-14(4,5)9-15(6,8-11)10-17-12(19)18-16;1-13(2,3)9-15(6)8-11(17-12(19)18-16)7-14(4,5)10-15/h14H,10-13H2,1-9H3;2*11H,7-10,16H2,1-6H3,(H2,17,18,19). The van der Waals surface area contributed by atoms with E-state index in [1.807, 2.05) is 0 Å². The molecule has 0 heterocycles. The number of hydrazine groups is 2. The summed E-state index contributed by atoms with van der Waals surface area (Å²) in [6, 6.07) is -0.364. The highest BCUT2D eigenvalue weighted by Gasteiger charge is 2.47. The molecule has 0 aromatic heterocycles. The number of urea groups is 2. The Morgan fingerprint density at radius 3 is 1.20 bits per heavy atom. The van der Waals surface area contributed by atoms with Crippen LogP contribution >= 0.6 is 0 Å². The molecule has 0 aromatic carbocycles. The monoisotopic (exact) mass is 791 g/mol. The summed E-state index contributed by atoms with van der Waals surface area (Å²) in [5, 5.41) is 5.87. The highest BCUT2D eigenvalue weighted by molar-refractivity contribution is 5.73. The third-order valence-corrected chi connectivity index (χ3v) is 13.0. The molecule has 0 bridgehead atoms. The molecule has 8 N–H and O–H groups in total. The fourth-order valence-corrected chi connectivity index (χ4v) is 12.8. The lowest BCUT2D eigenvalue weighted by Crippen LogP contribution is -2.51. The SMILES string of the molecule is CC(C)(C)CC1(C)CC(C(C)(C)C)CC(C)(C)C1.CC(C)(C)CC1(C)CC(NC(=O)NN)CC(C)(C)C1.CC1(C)CC(C(C)(C)C)CC(C)(CNC(=O)NN)C1. The van der Waals surface area contributed by atoms with Crippen LogP contribution in [0.25, 0.3) is 0 Å². The summed E-state index contributed by atoms with van der Waals surface area (Å²) < 4.78 is 0. The Balaban J connectivity index is 0.000000420. The van der Waals surface area contributed by atoms with E-state index in [1.165, 1.54) is 44.9 Å². The molecule has 6 unspecified atom stereocenters. The zero-order valence-electron chi connectivity index (χ0n) is 41.2. The second kappa shape index (κ2) is 18.4. The van der Waals surface area contributed by atoms with Crippen LogP contribution in [0, 0.1) is 66.0 Å². The van der Waals surface area contributed by atoms with Crippen LogP contribution in [0.4, 0.5) is 9.59 Å². The minimum absolute atomic E-state index is 0.145. The summed E-state index contributed by atoms with van der Waals surface area (Å²) in [6.45, 7) is 50.4. The molecule has 6 atom stereocenters. The summed E-state index contributed by atoms with van der Waals surface area (Å²) in [5.41, 5.74) is 7.86. The third-order valence-electron chi connectivity index (χ3n) is 13.0. The van der Waals surface area contributed by atoms with Crippen LogP contribution in [0.2, 0.25) is 0 Å². The first-order valence-corrected chi connectivity index (χ1v) is 22.2. The Labute approximate surface area is 348 Å². The molecule has 8 heteroatoms. The van der Waals surface area contributed by atoms with Crippen molar-refractivity contribution in [3.63, 3.8) is 0 Å². The van der Waals surface area contributed by atoms with Crippen molar-refractivity contribution >= 4 is 12.1 Å². The lowest BCUT2D eigenvalue weighted by atomic mass is 9.53. The molecule has 332 valence electrons. The minimum atomic E-state index is -0.295. The van der Waals surface area contributed by atoms with Gasteiger partial charge in [0, 0.05) is 12.6 Å². The fourth-order valence-electron chi connectivity index (χ4n) is 12.8. The topological polar surface area (TPSA) is 134 Å². The number of carbonyl (C=O) groups is 2. The highest BCUT2D eigenvalue weighted by Crippen LogP contribution is 2.57. The van der Waals surface area contributed by atoms with Gasteiger partial charge in [-0.15, -0.1) is 0 Å². The van der Waals surface area contributed by atoms with Gasteiger partial charge in [0.2, 0.25) is 0 Å². The molecule has 3 aliphatic rings. The van der Waals surface area contributed by atoms with Crippen LogP contribution < -0.4 is 33.2 Å². The van der Waals surface area contributed by atoms with Gasteiger partial charge in [0.15, 0.2) is 0 Å². The highest BCUT2D eigenvalue weighted by atomic mass is 16.2. The Bertz CT molecular complexity index is 1250. The maximum atomic E-state index is 11.4. The predicted molar refractivity (Wildman–Crippen MR) is 242 cm³/mol. The Hall–Kier alpha value is -1.54. The maximum Gasteiger partial charge on any atom is 0.329 e. The largest absolute Gasteiger partial charge is 0.337 e. The number of nitrogens with one attached hydrogen (secondary N) is 4. The Morgan fingerprint density at radius 1 is 0.500 bits per heavy atom. The van der Waals surface area contributed by atoms with Gasteiger partial charge in [-0.1, -0.05) is 145 Å². The van der Waals surface area contributed by atoms with Gasteiger partial charge >= 0.3 is 12.1 Å². The summed E-state index contributed by atoms with van der Waals surface area (Å²) in [4.78, 5) is 22.7. The normalized spacial score (nSPS) is 31.7. The van der Waals surface area contributed by atoms with E-state index in [0.717, 1.165) is 31.6 Å². The van der Waals surface area contributed by atoms with Crippen molar-refractivity contribution in [2.75, 3.05) is 6.54 Å². The van der Waals surface area contributed by atoms with Crippen molar-refractivity contribution in [3.05, 3.63) is 0 Å². The van der Waals surface area contributed by atoms with Crippen molar-refractivity contribution in [3.8, 4) is 0 Å². The number of carbonyl (C=O) groups excluding carboxylic acids is 2. The van der Waals surface area contributed by atoms with Crippen molar-refractivity contribution in [1.29, 1.82) is 0 Å². The summed E-state index contributed by atoms with van der Waals surface area (Å²) in [7, 11) is 0. The summed E-state index contributed by atoms with van der Waals surface area (Å²) in [6.07, 6.45) is 13.5. The summed E-state index contributed by atoms with van der Waals surface area (Å²) in [5.74, 6) is 11.8. The zero-order valence-corrected chi connectivity index (χ0v) is 41.2. The van der Waals surface area contributed by atoms with Crippen molar-refractivity contribution < 1.29 is 9.59 Å². The van der Waals surface area contributed by atoms with E-state index in [1.54, 1.807) is 0 Å². The van der Waals surface area contributed by atoms with E-state index >= 15 is 0 Å². The van der Waals surface area contributed by atoms with Crippen LogP contribution in [0.1, 0.15) is 216 Å². The quantitative estimate of drug-likeness (QED) is 0.0939. The van der Waals surface area contributed by atoms with Crippen molar-refractivity contribution in [2.45, 2.75) is 222 Å². The number of hydrogen-bond donors (Lipinski definition) is 6. The molecule has 3 fully saturated rings. The average Bonchev–Trinajstić information content (AvgIpc) is 2.89. The van der Waals surface area contributed by atoms with E-state index < -0.39 is 0 Å². The van der Waals surface area contributed by atoms with E-state index in [0.29, 0.717) is 50.4 Å². The lowest BCUT2D eigenvalue weighted by Gasteiger charge is -2.52. The van der Waals surface area contributed by atoms with E-state index in [4.69, 9.17) is 11.7 Å². The average molecular weight is 791 g/mol. The van der Waals surface area contributed by atoms with Crippen molar-refractivity contribution in [2.24, 2.45) is 77.7 Å². The van der Waals surface area contributed by atoms with Gasteiger partial charge < -0.3 is 10.6 Å². The lowest BCUT2D eigenvalue weighted by molar-refractivity contribution is -0.0146. The summed E-state index contributed by atoms with van der Waals surface area (Å²) >= 11 is 0. The van der Waals surface area contributed by atoms with Crippen LogP contribution in [0.3, 0.4) is 0 Å². The molecule has 0 saturated heterocycles. The van der Waals surface area contributed by atoms with Gasteiger partial charge in [-0.25, -0.2) is 21.3 Å². The van der Waals surface area contributed by atoms with Gasteiger partial charge in [0.1, 0.15) is 0 Å². The Kier molecular flexibility index (Phi) is 17.2. The number of nitrogens with two attached hydrogens (primary N) is 2. The second-order valence-corrected chi connectivity index (χ2v) is 27.4. The second-order valence-electron chi connectivity index (χ2n) is 27.4. The molecule has 3 saturated carbocycles. The predicted octanol–water partition coefficient (Wildman–Crippen LogP) is 12.5. The molecule has 8 nitrogen and oxygen atoms in total. The van der Waals surface area contributed by atoms with Gasteiger partial charge in [0.05, 0.1) is 0 Å². The van der Waals surface area contributed by atoms with Crippen molar-refractivity contribution in [1.82, 2.24) is 21.5 Å². The van der Waals surface area contributed by atoms with Gasteiger partial charge in [0.25, 0.3) is 0 Å².